The van der Waals surface area contributed by atoms with E-state index < -0.39 is 24.1 Å². The maximum absolute atomic E-state index is 13.2. The fraction of sp³-hybridized carbons (Fsp3) is 0.423. The zero-order valence-corrected chi connectivity index (χ0v) is 19.0. The van der Waals surface area contributed by atoms with Crippen LogP contribution < -0.4 is 5.32 Å². The van der Waals surface area contributed by atoms with Crippen molar-refractivity contribution < 1.29 is 24.2 Å². The number of carboxylic acids is 1. The first-order valence-corrected chi connectivity index (χ1v) is 11.6. The highest BCUT2D eigenvalue weighted by Gasteiger charge is 2.39. The summed E-state index contributed by atoms with van der Waals surface area (Å²) in [7, 11) is 0. The van der Waals surface area contributed by atoms with Crippen LogP contribution in [0.3, 0.4) is 0 Å². The molecule has 7 heteroatoms. The number of carboxylic acid groups (broad SMARTS) is 1. The Hall–Kier alpha value is -3.35. The van der Waals surface area contributed by atoms with E-state index in [0.717, 1.165) is 22.3 Å². The molecule has 0 saturated carbocycles. The minimum Gasteiger partial charge on any atom is -0.480 e. The number of carbonyl (C=O) groups is 3. The van der Waals surface area contributed by atoms with Crippen molar-refractivity contribution in [3.63, 3.8) is 0 Å². The average molecular weight is 451 g/mol. The third-order valence-electron chi connectivity index (χ3n) is 6.92. The van der Waals surface area contributed by atoms with Crippen molar-refractivity contribution in [3.8, 4) is 11.1 Å². The van der Waals surface area contributed by atoms with Crippen molar-refractivity contribution in [2.45, 2.75) is 51.1 Å². The molecule has 4 rings (SSSR count). The summed E-state index contributed by atoms with van der Waals surface area (Å²) in [6.45, 7) is 4.35. The van der Waals surface area contributed by atoms with Gasteiger partial charge in [-0.1, -0.05) is 68.8 Å². The lowest BCUT2D eigenvalue weighted by Crippen LogP contribution is -2.54. The number of nitrogens with zero attached hydrogens (tertiary/aromatic N) is 1. The highest BCUT2D eigenvalue weighted by Crippen LogP contribution is 2.44. The van der Waals surface area contributed by atoms with Gasteiger partial charge in [0.15, 0.2) is 0 Å². The normalized spacial score (nSPS) is 18.8. The van der Waals surface area contributed by atoms with Crippen molar-refractivity contribution in [1.29, 1.82) is 0 Å². The predicted molar refractivity (Wildman–Crippen MR) is 124 cm³/mol. The van der Waals surface area contributed by atoms with Gasteiger partial charge in [-0.2, -0.15) is 0 Å². The molecular formula is C26H30N2O5. The smallest absolute Gasteiger partial charge is 0.407 e. The summed E-state index contributed by atoms with van der Waals surface area (Å²) < 4.78 is 5.61. The molecule has 2 amide bonds. The summed E-state index contributed by atoms with van der Waals surface area (Å²) >= 11 is 0. The van der Waals surface area contributed by atoms with E-state index in [0.29, 0.717) is 25.8 Å². The molecular weight excluding hydrogens is 420 g/mol. The monoisotopic (exact) mass is 450 g/mol. The predicted octanol–water partition coefficient (Wildman–Crippen LogP) is 4.02. The van der Waals surface area contributed by atoms with Gasteiger partial charge in [0.1, 0.15) is 18.7 Å². The second kappa shape index (κ2) is 9.65. The Morgan fingerprint density at radius 3 is 2.27 bits per heavy atom. The van der Waals surface area contributed by atoms with Gasteiger partial charge >= 0.3 is 12.1 Å². The quantitative estimate of drug-likeness (QED) is 0.664. The highest BCUT2D eigenvalue weighted by molar-refractivity contribution is 5.90. The van der Waals surface area contributed by atoms with Gasteiger partial charge in [-0.15, -0.1) is 0 Å². The lowest BCUT2D eigenvalue weighted by Gasteiger charge is -2.30. The number of carbonyl (C=O) groups excluding carboxylic acids is 2. The van der Waals surface area contributed by atoms with Crippen LogP contribution in [0.25, 0.3) is 11.1 Å². The first-order valence-electron chi connectivity index (χ1n) is 11.6. The van der Waals surface area contributed by atoms with Crippen molar-refractivity contribution in [1.82, 2.24) is 10.2 Å². The Kier molecular flexibility index (Phi) is 6.67. The number of hydrogen-bond donors (Lipinski definition) is 2. The Balaban J connectivity index is 1.46. The standard InChI is InChI=1S/C26H30N2O5/c1-3-16(2)23(24(29)28-14-8-13-22(28)25(30)31)27-26(32)33-15-21-19-11-6-4-9-17(19)18-10-5-7-12-20(18)21/h4-7,9-12,16,21-23H,3,8,13-15H2,1-2H3,(H,27,32)(H,30,31)/t16-,22-,23-/m0/s1. The molecule has 33 heavy (non-hydrogen) atoms. The number of rotatable bonds is 7. The first kappa shape index (κ1) is 22.8. The van der Waals surface area contributed by atoms with Gasteiger partial charge in [-0.3, -0.25) is 4.79 Å². The summed E-state index contributed by atoms with van der Waals surface area (Å²) in [5, 5.41) is 12.2. The van der Waals surface area contributed by atoms with Crippen LogP contribution in [0, 0.1) is 5.92 Å². The Morgan fingerprint density at radius 2 is 1.70 bits per heavy atom. The van der Waals surface area contributed by atoms with E-state index in [1.165, 1.54) is 4.90 Å². The molecule has 1 saturated heterocycles. The molecule has 3 atom stereocenters. The van der Waals surface area contributed by atoms with E-state index in [9.17, 15) is 19.5 Å². The number of benzene rings is 2. The fourth-order valence-corrected chi connectivity index (χ4v) is 4.92. The highest BCUT2D eigenvalue weighted by atomic mass is 16.5. The van der Waals surface area contributed by atoms with Crippen LogP contribution in [0.1, 0.15) is 50.2 Å². The molecule has 1 aliphatic carbocycles. The minimum absolute atomic E-state index is 0.0733. The zero-order valence-electron chi connectivity index (χ0n) is 19.0. The van der Waals surface area contributed by atoms with Crippen molar-refractivity contribution in [3.05, 3.63) is 59.7 Å². The van der Waals surface area contributed by atoms with Crippen LogP contribution in [-0.4, -0.2) is 53.2 Å². The number of alkyl carbamates (subject to hydrolysis) is 1. The molecule has 1 heterocycles. The van der Waals surface area contributed by atoms with Gasteiger partial charge in [-0.25, -0.2) is 9.59 Å². The maximum Gasteiger partial charge on any atom is 0.407 e. The number of likely N-dealkylation sites (tertiary alicyclic amines) is 1. The number of hydrogen-bond acceptors (Lipinski definition) is 4. The van der Waals surface area contributed by atoms with Crippen molar-refractivity contribution >= 4 is 18.0 Å². The van der Waals surface area contributed by atoms with Crippen LogP contribution in [-0.2, 0) is 14.3 Å². The molecule has 1 fully saturated rings. The number of fused-ring (bicyclic) bond motifs is 3. The molecule has 2 aromatic rings. The van der Waals surface area contributed by atoms with Gasteiger partial charge in [0, 0.05) is 12.5 Å². The largest absolute Gasteiger partial charge is 0.480 e. The van der Waals surface area contributed by atoms with Gasteiger partial charge in [0.05, 0.1) is 0 Å². The second-order valence-electron chi connectivity index (χ2n) is 8.86. The lowest BCUT2D eigenvalue weighted by molar-refractivity contribution is -0.149. The molecule has 0 unspecified atom stereocenters. The van der Waals surface area contributed by atoms with E-state index >= 15 is 0 Å². The zero-order chi connectivity index (χ0) is 23.5. The van der Waals surface area contributed by atoms with E-state index in [4.69, 9.17) is 4.74 Å². The molecule has 1 aliphatic heterocycles. The molecule has 2 N–H and O–H groups in total. The van der Waals surface area contributed by atoms with Crippen LogP contribution in [0.5, 0.6) is 0 Å². The Labute approximate surface area is 193 Å². The summed E-state index contributed by atoms with van der Waals surface area (Å²) in [6, 6.07) is 14.5. The van der Waals surface area contributed by atoms with Gasteiger partial charge < -0.3 is 20.1 Å². The van der Waals surface area contributed by atoms with Gasteiger partial charge in [0.2, 0.25) is 5.91 Å². The molecule has 0 spiro atoms. The third kappa shape index (κ3) is 4.45. The van der Waals surface area contributed by atoms with Crippen LogP contribution in [0.2, 0.25) is 0 Å². The first-order chi connectivity index (χ1) is 15.9. The van der Waals surface area contributed by atoms with Crippen molar-refractivity contribution in [2.24, 2.45) is 5.92 Å². The topological polar surface area (TPSA) is 95.9 Å². The third-order valence-corrected chi connectivity index (χ3v) is 6.92. The number of aliphatic carboxylic acids is 1. The fourth-order valence-electron chi connectivity index (χ4n) is 4.92. The summed E-state index contributed by atoms with van der Waals surface area (Å²) in [4.78, 5) is 38.9. The molecule has 7 nitrogen and oxygen atoms in total. The maximum atomic E-state index is 13.2. The molecule has 174 valence electrons. The average Bonchev–Trinajstić information content (AvgIpc) is 3.44. The summed E-state index contributed by atoms with van der Waals surface area (Å²) in [5.74, 6) is -1.60. The van der Waals surface area contributed by atoms with E-state index in [-0.39, 0.29) is 24.3 Å². The number of ether oxygens (including phenoxy) is 1. The number of nitrogens with one attached hydrogen (secondary N) is 1. The van der Waals surface area contributed by atoms with E-state index in [1.807, 2.05) is 50.2 Å². The van der Waals surface area contributed by atoms with E-state index in [2.05, 4.69) is 17.4 Å². The Morgan fingerprint density at radius 1 is 1.09 bits per heavy atom. The molecule has 0 radical (unpaired) electrons. The second-order valence-corrected chi connectivity index (χ2v) is 8.86. The molecule has 2 aliphatic rings. The SMILES string of the molecule is CC[C@H](C)[C@H](NC(=O)OCC1c2ccccc2-c2ccccc21)C(=O)N1CCC[C@H]1C(=O)O. The number of amides is 2. The van der Waals surface area contributed by atoms with Gasteiger partial charge in [0.25, 0.3) is 0 Å². The van der Waals surface area contributed by atoms with E-state index in [1.54, 1.807) is 0 Å². The Bertz CT molecular complexity index is 1010. The van der Waals surface area contributed by atoms with Crippen LogP contribution in [0.4, 0.5) is 4.79 Å². The molecule has 0 bridgehead atoms. The van der Waals surface area contributed by atoms with Gasteiger partial charge in [-0.05, 0) is 41.0 Å². The van der Waals surface area contributed by atoms with Crippen LogP contribution >= 0.6 is 0 Å². The minimum atomic E-state index is -1.01. The van der Waals surface area contributed by atoms with Crippen LogP contribution in [0.15, 0.2) is 48.5 Å². The molecule has 0 aromatic heterocycles. The lowest BCUT2D eigenvalue weighted by atomic mass is 9.97. The van der Waals surface area contributed by atoms with Crippen molar-refractivity contribution in [2.75, 3.05) is 13.2 Å². The summed E-state index contributed by atoms with van der Waals surface area (Å²) in [6.07, 6.45) is 1.06. The summed E-state index contributed by atoms with van der Waals surface area (Å²) in [5.41, 5.74) is 4.51. The molecule has 2 aromatic carbocycles.